The van der Waals surface area contributed by atoms with E-state index >= 15 is 0 Å². The first-order chi connectivity index (χ1) is 11.3. The van der Waals surface area contributed by atoms with Gasteiger partial charge in [-0.05, 0) is 12.1 Å². The Morgan fingerprint density at radius 2 is 1.57 bits per heavy atom. The van der Waals surface area contributed by atoms with Crippen LogP contribution in [0.1, 0.15) is 0 Å². The first-order valence-electron chi connectivity index (χ1n) is 7.27. The summed E-state index contributed by atoms with van der Waals surface area (Å²) in [4.78, 5) is 4.81. The summed E-state index contributed by atoms with van der Waals surface area (Å²) in [7, 11) is 0. The topological polar surface area (TPSA) is 12.9 Å². The highest BCUT2D eigenvalue weighted by Crippen LogP contribution is 2.44. The van der Waals surface area contributed by atoms with Crippen LogP contribution in [0.4, 0.5) is 0 Å². The largest absolute Gasteiger partial charge is 0.234 e. The van der Waals surface area contributed by atoms with E-state index in [1.54, 1.807) is 22.7 Å². The van der Waals surface area contributed by atoms with Crippen LogP contribution in [0.2, 0.25) is 5.02 Å². The number of rotatable bonds is 1. The van der Waals surface area contributed by atoms with Crippen molar-refractivity contribution < 1.29 is 0 Å². The maximum Gasteiger partial charge on any atom is 0.124 e. The Kier molecular flexibility index (Phi) is 2.95. The second kappa shape index (κ2) is 5.03. The third-order valence-corrected chi connectivity index (χ3v) is 6.52. The van der Waals surface area contributed by atoms with Crippen LogP contribution in [0.15, 0.2) is 60.7 Å². The van der Waals surface area contributed by atoms with Gasteiger partial charge >= 0.3 is 0 Å². The highest BCUT2D eigenvalue weighted by molar-refractivity contribution is 7.27. The van der Waals surface area contributed by atoms with Crippen molar-refractivity contribution in [1.29, 1.82) is 0 Å². The molecule has 1 nitrogen and oxygen atoms in total. The second-order valence-electron chi connectivity index (χ2n) is 5.39. The lowest BCUT2D eigenvalue weighted by Gasteiger charge is -1.97. The lowest BCUT2D eigenvalue weighted by atomic mass is 10.1. The minimum atomic E-state index is 0.772. The molecule has 4 heteroatoms. The van der Waals surface area contributed by atoms with Crippen molar-refractivity contribution in [2.24, 2.45) is 0 Å². The molecule has 0 spiro atoms. The van der Waals surface area contributed by atoms with Gasteiger partial charge in [0.25, 0.3) is 0 Å². The van der Waals surface area contributed by atoms with Crippen LogP contribution in [0, 0.1) is 0 Å². The molecular weight excluding hydrogens is 342 g/mol. The van der Waals surface area contributed by atoms with Gasteiger partial charge in [0.05, 0.1) is 9.72 Å². The van der Waals surface area contributed by atoms with Crippen molar-refractivity contribution in [2.75, 3.05) is 0 Å². The van der Waals surface area contributed by atoms with E-state index in [0.29, 0.717) is 0 Å². The zero-order valence-corrected chi connectivity index (χ0v) is 14.3. The van der Waals surface area contributed by atoms with Crippen molar-refractivity contribution in [2.45, 2.75) is 0 Å². The molecule has 0 saturated carbocycles. The third kappa shape index (κ3) is 2.01. The van der Waals surface area contributed by atoms with Gasteiger partial charge in [-0.1, -0.05) is 60.1 Å². The average Bonchev–Trinajstić information content (AvgIpc) is 3.17. The molecule has 3 aromatic carbocycles. The van der Waals surface area contributed by atoms with Crippen LogP contribution < -0.4 is 0 Å². The Hall–Kier alpha value is -1.94. The summed E-state index contributed by atoms with van der Waals surface area (Å²) in [6.45, 7) is 0. The molecule has 2 heterocycles. The SMILES string of the molecule is Clc1c2nc(-c3ccccc3)sc2cc2sc3ccccc3c12. The van der Waals surface area contributed by atoms with E-state index < -0.39 is 0 Å². The van der Waals surface area contributed by atoms with Gasteiger partial charge in [-0.15, -0.1) is 22.7 Å². The summed E-state index contributed by atoms with van der Waals surface area (Å²) in [6.07, 6.45) is 0. The molecule has 0 aliphatic rings. The summed E-state index contributed by atoms with van der Waals surface area (Å²) in [5.41, 5.74) is 2.05. The normalized spacial score (nSPS) is 11.7. The number of fused-ring (bicyclic) bond motifs is 4. The maximum atomic E-state index is 6.75. The fourth-order valence-electron chi connectivity index (χ4n) is 2.92. The summed E-state index contributed by atoms with van der Waals surface area (Å²) in [6, 6.07) is 20.9. The Balaban J connectivity index is 1.87. The smallest absolute Gasteiger partial charge is 0.124 e. The van der Waals surface area contributed by atoms with Gasteiger partial charge in [0.2, 0.25) is 0 Å². The summed E-state index contributed by atoms with van der Waals surface area (Å²) < 4.78 is 3.64. The number of thiophene rings is 1. The highest BCUT2D eigenvalue weighted by Gasteiger charge is 2.15. The fourth-order valence-corrected chi connectivity index (χ4v) is 5.63. The number of benzene rings is 3. The summed E-state index contributed by atoms with van der Waals surface area (Å²) >= 11 is 10.2. The number of hydrogen-bond acceptors (Lipinski definition) is 3. The molecule has 0 aliphatic heterocycles. The van der Waals surface area contributed by atoms with Gasteiger partial charge in [0.1, 0.15) is 10.5 Å². The van der Waals surface area contributed by atoms with E-state index in [9.17, 15) is 0 Å². The van der Waals surface area contributed by atoms with Crippen LogP contribution in [0.25, 0.3) is 41.0 Å². The van der Waals surface area contributed by atoms with Crippen molar-refractivity contribution in [1.82, 2.24) is 4.98 Å². The number of nitrogens with zero attached hydrogens (tertiary/aromatic N) is 1. The molecule has 5 rings (SSSR count). The third-order valence-electron chi connectivity index (χ3n) is 3.99. The van der Waals surface area contributed by atoms with Crippen LogP contribution >= 0.6 is 34.3 Å². The molecule has 0 N–H and O–H groups in total. The van der Waals surface area contributed by atoms with Gasteiger partial charge in [-0.25, -0.2) is 4.98 Å². The number of thiazole rings is 1. The first-order valence-corrected chi connectivity index (χ1v) is 9.28. The van der Waals surface area contributed by atoms with Crippen molar-refractivity contribution in [3.63, 3.8) is 0 Å². The molecule has 5 aromatic rings. The fraction of sp³-hybridized carbons (Fsp3) is 0. The zero-order chi connectivity index (χ0) is 15.4. The van der Waals surface area contributed by atoms with Gasteiger partial charge < -0.3 is 0 Å². The van der Waals surface area contributed by atoms with E-state index in [1.807, 2.05) is 18.2 Å². The monoisotopic (exact) mass is 351 g/mol. The zero-order valence-electron chi connectivity index (χ0n) is 11.9. The number of aromatic nitrogens is 1. The van der Waals surface area contributed by atoms with Crippen LogP contribution in [-0.2, 0) is 0 Å². The minimum Gasteiger partial charge on any atom is -0.234 e. The number of halogens is 1. The van der Waals surface area contributed by atoms with Crippen LogP contribution in [0.5, 0.6) is 0 Å². The molecule has 0 aliphatic carbocycles. The predicted octanol–water partition coefficient (Wildman–Crippen LogP) is 6.98. The van der Waals surface area contributed by atoms with E-state index in [-0.39, 0.29) is 0 Å². The van der Waals surface area contributed by atoms with Crippen molar-refractivity contribution in [3.8, 4) is 10.6 Å². The van der Waals surface area contributed by atoms with E-state index in [0.717, 1.165) is 31.2 Å². The quantitative estimate of drug-likeness (QED) is 0.317. The van der Waals surface area contributed by atoms with Crippen molar-refractivity contribution >= 4 is 64.7 Å². The number of hydrogen-bond donors (Lipinski definition) is 0. The summed E-state index contributed by atoms with van der Waals surface area (Å²) in [5, 5.41) is 4.14. The highest BCUT2D eigenvalue weighted by atomic mass is 35.5. The first kappa shape index (κ1) is 13.5. The lowest BCUT2D eigenvalue weighted by Crippen LogP contribution is -1.76. The molecule has 0 atom stereocenters. The Bertz CT molecular complexity index is 1170. The molecule has 2 aromatic heterocycles. The molecule has 110 valence electrons. The van der Waals surface area contributed by atoms with E-state index in [4.69, 9.17) is 16.6 Å². The molecule has 0 amide bonds. The molecule has 0 fully saturated rings. The van der Waals surface area contributed by atoms with Gasteiger partial charge in [-0.2, -0.15) is 0 Å². The molecular formula is C19H10ClNS2. The van der Waals surface area contributed by atoms with E-state index in [1.165, 1.54) is 14.8 Å². The van der Waals surface area contributed by atoms with Gasteiger partial charge in [-0.3, -0.25) is 0 Å². The van der Waals surface area contributed by atoms with E-state index in [2.05, 4.69) is 42.5 Å². The van der Waals surface area contributed by atoms with Crippen molar-refractivity contribution in [3.05, 3.63) is 65.7 Å². The van der Waals surface area contributed by atoms with Crippen LogP contribution in [0.3, 0.4) is 0 Å². The Morgan fingerprint density at radius 3 is 2.43 bits per heavy atom. The standard InChI is InChI=1S/C19H10ClNS2/c20-17-16-12-8-4-5-9-13(12)22-14(16)10-15-18(17)21-19(23-15)11-6-2-1-3-7-11/h1-10H. The molecule has 0 bridgehead atoms. The van der Waals surface area contributed by atoms with Crippen LogP contribution in [-0.4, -0.2) is 4.98 Å². The lowest BCUT2D eigenvalue weighted by molar-refractivity contribution is 1.48. The summed E-state index contributed by atoms with van der Waals surface area (Å²) in [5.74, 6) is 0. The maximum absolute atomic E-state index is 6.75. The molecule has 0 saturated heterocycles. The second-order valence-corrected chi connectivity index (χ2v) is 7.89. The average molecular weight is 352 g/mol. The predicted molar refractivity (Wildman–Crippen MR) is 103 cm³/mol. The Morgan fingerprint density at radius 1 is 0.783 bits per heavy atom. The minimum absolute atomic E-state index is 0.772. The molecule has 0 unspecified atom stereocenters. The molecule has 23 heavy (non-hydrogen) atoms. The molecule has 0 radical (unpaired) electrons. The van der Waals surface area contributed by atoms with Gasteiger partial charge in [0, 0.05) is 25.7 Å². The van der Waals surface area contributed by atoms with Gasteiger partial charge in [0.15, 0.2) is 0 Å². The Labute approximate surface area is 145 Å².